The molecule has 0 amide bonds. The highest BCUT2D eigenvalue weighted by atomic mass is 127. The molecule has 0 atom stereocenters. The average molecular weight is 446 g/mol. The van der Waals surface area contributed by atoms with Crippen molar-refractivity contribution in [2.75, 3.05) is 13.4 Å². The van der Waals surface area contributed by atoms with E-state index in [2.05, 4.69) is 26.1 Å². The van der Waals surface area contributed by atoms with Crippen LogP contribution in [0.3, 0.4) is 0 Å². The zero-order valence-corrected chi connectivity index (χ0v) is 14.5. The number of nitrogens with two attached hydrogens (primary N) is 1. The molecule has 0 fully saturated rings. The summed E-state index contributed by atoms with van der Waals surface area (Å²) in [5.41, 5.74) is 6.21. The number of hydrogen-bond acceptors (Lipinski definition) is 5. The molecule has 100 valence electrons. The Hall–Kier alpha value is -0.480. The number of methoxy groups -OCH3 is 1. The van der Waals surface area contributed by atoms with E-state index in [1.165, 1.54) is 25.1 Å². The van der Waals surface area contributed by atoms with Crippen LogP contribution in [0.4, 0.5) is 0 Å². The van der Waals surface area contributed by atoms with Gasteiger partial charge in [-0.1, -0.05) is 11.8 Å². The second-order valence-corrected chi connectivity index (χ2v) is 4.62. The SMILES string of the molecule is COc1cc(/C=N/N=C(\N)SC)cc(Br)c1O.I. The van der Waals surface area contributed by atoms with Crippen LogP contribution in [0.25, 0.3) is 0 Å². The van der Waals surface area contributed by atoms with Crippen molar-refractivity contribution in [2.24, 2.45) is 15.9 Å². The van der Waals surface area contributed by atoms with Crippen LogP contribution in [-0.4, -0.2) is 29.9 Å². The molecule has 0 aliphatic carbocycles. The maximum absolute atomic E-state index is 9.61. The molecule has 1 aromatic carbocycles. The van der Waals surface area contributed by atoms with Crippen molar-refractivity contribution in [1.82, 2.24) is 0 Å². The fourth-order valence-electron chi connectivity index (χ4n) is 1.02. The second kappa shape index (κ2) is 8.59. The van der Waals surface area contributed by atoms with Crippen molar-refractivity contribution in [3.05, 3.63) is 22.2 Å². The van der Waals surface area contributed by atoms with E-state index in [0.29, 0.717) is 15.4 Å². The van der Waals surface area contributed by atoms with Gasteiger partial charge in [0.1, 0.15) is 0 Å². The third kappa shape index (κ3) is 5.02. The number of benzene rings is 1. The number of ether oxygens (including phenoxy) is 1. The van der Waals surface area contributed by atoms with Crippen molar-refractivity contribution in [3.63, 3.8) is 0 Å². The molecular weight excluding hydrogens is 433 g/mol. The number of phenols is 1. The van der Waals surface area contributed by atoms with Crippen LogP contribution in [0.2, 0.25) is 0 Å². The Morgan fingerprint density at radius 1 is 1.56 bits per heavy atom. The van der Waals surface area contributed by atoms with Gasteiger partial charge >= 0.3 is 0 Å². The van der Waals surface area contributed by atoms with Crippen molar-refractivity contribution in [2.45, 2.75) is 0 Å². The normalized spacial score (nSPS) is 11.4. The van der Waals surface area contributed by atoms with Crippen LogP contribution in [0.1, 0.15) is 5.56 Å². The van der Waals surface area contributed by atoms with Crippen LogP contribution < -0.4 is 10.5 Å². The Kier molecular flexibility index (Phi) is 8.36. The largest absolute Gasteiger partial charge is 0.503 e. The highest BCUT2D eigenvalue weighted by molar-refractivity contribution is 14.0. The van der Waals surface area contributed by atoms with E-state index in [9.17, 15) is 5.11 Å². The van der Waals surface area contributed by atoms with Crippen LogP contribution in [0.15, 0.2) is 26.8 Å². The number of halogens is 2. The quantitative estimate of drug-likeness (QED) is 0.324. The molecule has 18 heavy (non-hydrogen) atoms. The number of rotatable bonds is 3. The highest BCUT2D eigenvalue weighted by Gasteiger charge is 2.07. The Morgan fingerprint density at radius 3 is 2.78 bits per heavy atom. The molecule has 0 saturated heterocycles. The van der Waals surface area contributed by atoms with Crippen LogP contribution in [-0.2, 0) is 0 Å². The molecule has 0 unspecified atom stereocenters. The second-order valence-electron chi connectivity index (χ2n) is 2.94. The molecule has 0 heterocycles. The molecule has 0 radical (unpaired) electrons. The maximum atomic E-state index is 9.61. The van der Waals surface area contributed by atoms with Gasteiger partial charge in [-0.3, -0.25) is 0 Å². The summed E-state index contributed by atoms with van der Waals surface area (Å²) in [5.74, 6) is 0.416. The number of aromatic hydroxyl groups is 1. The molecule has 0 aliphatic heterocycles. The summed E-state index contributed by atoms with van der Waals surface area (Å²) in [6, 6.07) is 3.35. The molecule has 0 aromatic heterocycles. The monoisotopic (exact) mass is 445 g/mol. The molecule has 5 nitrogen and oxygen atoms in total. The van der Waals surface area contributed by atoms with Crippen molar-refractivity contribution < 1.29 is 9.84 Å². The van der Waals surface area contributed by atoms with Crippen molar-refractivity contribution in [1.29, 1.82) is 0 Å². The van der Waals surface area contributed by atoms with Gasteiger partial charge in [0.15, 0.2) is 16.7 Å². The molecule has 1 aromatic rings. The van der Waals surface area contributed by atoms with Crippen molar-refractivity contribution in [3.8, 4) is 11.5 Å². The van der Waals surface area contributed by atoms with Gasteiger partial charge in [-0.05, 0) is 39.9 Å². The van der Waals surface area contributed by atoms with E-state index in [1.54, 1.807) is 12.1 Å². The van der Waals surface area contributed by atoms with E-state index in [1.807, 2.05) is 6.26 Å². The molecule has 0 saturated carbocycles. The van der Waals surface area contributed by atoms with Gasteiger partial charge in [0.05, 0.1) is 17.8 Å². The summed E-state index contributed by atoms with van der Waals surface area (Å²) in [6.07, 6.45) is 3.34. The van der Waals surface area contributed by atoms with Gasteiger partial charge in [0.25, 0.3) is 0 Å². The van der Waals surface area contributed by atoms with Gasteiger partial charge in [-0.25, -0.2) is 0 Å². The van der Waals surface area contributed by atoms with Crippen LogP contribution in [0, 0.1) is 0 Å². The highest BCUT2D eigenvalue weighted by Crippen LogP contribution is 2.34. The predicted octanol–water partition coefficient (Wildman–Crippen LogP) is 2.79. The molecule has 8 heteroatoms. The number of amidine groups is 1. The van der Waals surface area contributed by atoms with E-state index in [0.717, 1.165) is 5.56 Å². The Bertz CT molecular complexity index is 469. The maximum Gasteiger partial charge on any atom is 0.180 e. The summed E-state index contributed by atoms with van der Waals surface area (Å²) < 4.78 is 5.54. The lowest BCUT2D eigenvalue weighted by atomic mass is 10.2. The zero-order valence-electron chi connectivity index (χ0n) is 9.75. The van der Waals surface area contributed by atoms with Gasteiger partial charge < -0.3 is 15.6 Å². The average Bonchev–Trinajstić information content (AvgIpc) is 2.33. The molecular formula is C10H13BrIN3O2S. The molecule has 1 rings (SSSR count). The Morgan fingerprint density at radius 2 is 2.22 bits per heavy atom. The minimum absolute atomic E-state index is 0. The number of nitrogens with zero attached hydrogens (tertiary/aromatic N) is 2. The Labute approximate surface area is 135 Å². The molecule has 0 spiro atoms. The Balaban J connectivity index is 0.00000289. The first-order valence-electron chi connectivity index (χ1n) is 4.55. The van der Waals surface area contributed by atoms with Gasteiger partial charge in [-0.15, -0.1) is 29.1 Å². The first-order valence-corrected chi connectivity index (χ1v) is 6.57. The van der Waals surface area contributed by atoms with E-state index in [4.69, 9.17) is 10.5 Å². The lowest BCUT2D eigenvalue weighted by molar-refractivity contribution is 0.372. The molecule has 0 aliphatic rings. The lowest BCUT2D eigenvalue weighted by Crippen LogP contribution is -2.03. The van der Waals surface area contributed by atoms with Crippen molar-refractivity contribution >= 4 is 63.1 Å². The standard InChI is InChI=1S/C10H12BrN3O2S.HI/c1-16-8-4-6(3-7(11)9(8)15)5-13-14-10(12)17-2;/h3-5,15H,1-2H3,(H2,12,14);1H/b13-5+;. The molecule has 3 N–H and O–H groups in total. The topological polar surface area (TPSA) is 80.2 Å². The van der Waals surface area contributed by atoms with Gasteiger partial charge in [-0.2, -0.15) is 5.10 Å². The van der Waals surface area contributed by atoms with Gasteiger partial charge in [0.2, 0.25) is 0 Å². The number of thioether (sulfide) groups is 1. The first-order chi connectivity index (χ1) is 8.08. The minimum atomic E-state index is 0. The third-order valence-electron chi connectivity index (χ3n) is 1.84. The van der Waals surface area contributed by atoms with Crippen LogP contribution >= 0.6 is 51.7 Å². The summed E-state index contributed by atoms with van der Waals surface area (Å²) in [4.78, 5) is 0. The fourth-order valence-corrected chi connectivity index (χ4v) is 1.61. The summed E-state index contributed by atoms with van der Waals surface area (Å²) in [6.45, 7) is 0. The van der Waals surface area contributed by atoms with Crippen LogP contribution in [0.5, 0.6) is 11.5 Å². The predicted molar refractivity (Wildman–Crippen MR) is 90.5 cm³/mol. The number of hydrogen-bond donors (Lipinski definition) is 2. The smallest absolute Gasteiger partial charge is 0.180 e. The van der Waals surface area contributed by atoms with E-state index in [-0.39, 0.29) is 29.7 Å². The third-order valence-corrected chi connectivity index (χ3v) is 2.95. The summed E-state index contributed by atoms with van der Waals surface area (Å²) in [5, 5.41) is 17.6. The minimum Gasteiger partial charge on any atom is -0.503 e. The van der Waals surface area contributed by atoms with E-state index >= 15 is 0 Å². The van der Waals surface area contributed by atoms with Gasteiger partial charge in [0, 0.05) is 0 Å². The zero-order chi connectivity index (χ0) is 12.8. The lowest BCUT2D eigenvalue weighted by Gasteiger charge is -2.05. The van der Waals surface area contributed by atoms with E-state index < -0.39 is 0 Å². The first kappa shape index (κ1) is 17.5. The summed E-state index contributed by atoms with van der Waals surface area (Å²) >= 11 is 4.53. The molecule has 0 bridgehead atoms. The summed E-state index contributed by atoms with van der Waals surface area (Å²) in [7, 11) is 1.48. The number of phenolic OH excluding ortho intramolecular Hbond substituents is 1. The fraction of sp³-hybridized carbons (Fsp3) is 0.200.